The highest BCUT2D eigenvalue weighted by atomic mass is 19.1. The van der Waals surface area contributed by atoms with Crippen molar-refractivity contribution in [3.63, 3.8) is 0 Å². The van der Waals surface area contributed by atoms with Crippen molar-refractivity contribution in [2.45, 2.75) is 6.92 Å². The fraction of sp³-hybridized carbons (Fsp3) is 0.0714. The molecule has 0 unspecified atom stereocenters. The van der Waals surface area contributed by atoms with E-state index in [4.69, 9.17) is 5.11 Å². The molecule has 2 rings (SSSR count). The number of anilines is 2. The minimum atomic E-state index is -1.39. The van der Waals surface area contributed by atoms with Crippen LogP contribution in [-0.2, 0) is 0 Å². The van der Waals surface area contributed by atoms with Crippen LogP contribution in [0.5, 0.6) is 0 Å². The lowest BCUT2D eigenvalue weighted by Crippen LogP contribution is -2.03. The molecule has 0 radical (unpaired) electrons. The summed E-state index contributed by atoms with van der Waals surface area (Å²) in [5, 5.41) is 22.5. The third kappa shape index (κ3) is 3.14. The summed E-state index contributed by atoms with van der Waals surface area (Å²) in [6, 6.07) is 7.93. The number of aromatic carboxylic acids is 1. The van der Waals surface area contributed by atoms with E-state index in [2.05, 4.69) is 5.32 Å². The summed E-state index contributed by atoms with van der Waals surface area (Å²) in [6.07, 6.45) is 0. The molecule has 21 heavy (non-hydrogen) atoms. The second kappa shape index (κ2) is 5.58. The molecule has 0 saturated heterocycles. The molecule has 2 aromatic carbocycles. The van der Waals surface area contributed by atoms with Gasteiger partial charge in [-0.3, -0.25) is 10.1 Å². The first-order chi connectivity index (χ1) is 9.88. The molecule has 0 saturated carbocycles. The van der Waals surface area contributed by atoms with Crippen molar-refractivity contribution in [3.05, 3.63) is 63.5 Å². The Kier molecular flexibility index (Phi) is 3.84. The van der Waals surface area contributed by atoms with E-state index in [1.807, 2.05) is 0 Å². The number of rotatable bonds is 4. The number of nitrogens with zero attached hydrogens (tertiary/aromatic N) is 1. The van der Waals surface area contributed by atoms with Crippen LogP contribution in [0.2, 0.25) is 0 Å². The molecule has 6 nitrogen and oxygen atoms in total. The maximum Gasteiger partial charge on any atom is 0.342 e. The normalized spacial score (nSPS) is 10.2. The van der Waals surface area contributed by atoms with E-state index in [9.17, 15) is 19.3 Å². The zero-order valence-corrected chi connectivity index (χ0v) is 11.0. The van der Waals surface area contributed by atoms with Gasteiger partial charge in [0.2, 0.25) is 0 Å². The van der Waals surface area contributed by atoms with Gasteiger partial charge < -0.3 is 10.4 Å². The monoisotopic (exact) mass is 290 g/mol. The van der Waals surface area contributed by atoms with Gasteiger partial charge in [-0.25, -0.2) is 9.18 Å². The van der Waals surface area contributed by atoms with Crippen LogP contribution in [0.4, 0.5) is 21.5 Å². The summed E-state index contributed by atoms with van der Waals surface area (Å²) in [6.45, 7) is 1.78. The van der Waals surface area contributed by atoms with Crippen molar-refractivity contribution in [2.24, 2.45) is 0 Å². The van der Waals surface area contributed by atoms with Gasteiger partial charge in [0, 0.05) is 11.8 Å². The van der Waals surface area contributed by atoms with Crippen molar-refractivity contribution in [1.82, 2.24) is 0 Å². The van der Waals surface area contributed by atoms with Crippen molar-refractivity contribution >= 4 is 23.0 Å². The van der Waals surface area contributed by atoms with E-state index < -0.39 is 28.0 Å². The molecule has 0 amide bonds. The van der Waals surface area contributed by atoms with Gasteiger partial charge in [0.05, 0.1) is 10.6 Å². The topological polar surface area (TPSA) is 92.5 Å². The molecule has 2 N–H and O–H groups in total. The van der Waals surface area contributed by atoms with Crippen LogP contribution in [0.3, 0.4) is 0 Å². The highest BCUT2D eigenvalue weighted by Gasteiger charge is 2.20. The van der Waals surface area contributed by atoms with Crippen LogP contribution in [0, 0.1) is 22.9 Å². The van der Waals surface area contributed by atoms with Gasteiger partial charge in [-0.2, -0.15) is 0 Å². The Morgan fingerprint density at radius 2 is 2.00 bits per heavy atom. The van der Waals surface area contributed by atoms with Gasteiger partial charge >= 0.3 is 5.97 Å². The SMILES string of the molecule is Cc1ccc(F)c(Nc2ccc(C(=O)O)c([N+](=O)[O-])c2)c1. The van der Waals surface area contributed by atoms with Gasteiger partial charge in [-0.1, -0.05) is 6.07 Å². The van der Waals surface area contributed by atoms with Crippen molar-refractivity contribution in [2.75, 3.05) is 5.32 Å². The first-order valence-corrected chi connectivity index (χ1v) is 5.93. The molecule has 2 aromatic rings. The molecule has 0 fully saturated rings. The number of nitrogens with one attached hydrogen (secondary N) is 1. The van der Waals surface area contributed by atoms with Gasteiger partial charge in [-0.05, 0) is 36.8 Å². The van der Waals surface area contributed by atoms with Gasteiger partial charge in [0.1, 0.15) is 11.4 Å². The third-order valence-corrected chi connectivity index (χ3v) is 2.83. The number of halogens is 1. The van der Waals surface area contributed by atoms with Crippen molar-refractivity contribution < 1.29 is 19.2 Å². The van der Waals surface area contributed by atoms with E-state index in [-0.39, 0.29) is 11.4 Å². The fourth-order valence-corrected chi connectivity index (χ4v) is 1.83. The molecule has 0 aliphatic carbocycles. The molecular formula is C14H11FN2O4. The number of carbonyl (C=O) groups is 1. The average Bonchev–Trinajstić information content (AvgIpc) is 2.42. The zero-order valence-electron chi connectivity index (χ0n) is 11.0. The second-order valence-corrected chi connectivity index (χ2v) is 4.40. The molecule has 0 atom stereocenters. The number of nitro benzene ring substituents is 1. The maximum atomic E-state index is 13.6. The number of hydrogen-bond donors (Lipinski definition) is 2. The van der Waals surface area contributed by atoms with Crippen LogP contribution < -0.4 is 5.32 Å². The van der Waals surface area contributed by atoms with Crippen LogP contribution in [0.15, 0.2) is 36.4 Å². The smallest absolute Gasteiger partial charge is 0.342 e. The lowest BCUT2D eigenvalue weighted by molar-refractivity contribution is -0.385. The van der Waals surface area contributed by atoms with Crippen LogP contribution in [0.1, 0.15) is 15.9 Å². The van der Waals surface area contributed by atoms with Crippen LogP contribution >= 0.6 is 0 Å². The van der Waals surface area contributed by atoms with Gasteiger partial charge in [0.15, 0.2) is 0 Å². The van der Waals surface area contributed by atoms with Crippen LogP contribution in [-0.4, -0.2) is 16.0 Å². The Bertz CT molecular complexity index is 731. The highest BCUT2D eigenvalue weighted by Crippen LogP contribution is 2.27. The summed E-state index contributed by atoms with van der Waals surface area (Å²) < 4.78 is 13.6. The van der Waals surface area contributed by atoms with Gasteiger partial charge in [0.25, 0.3) is 5.69 Å². The lowest BCUT2D eigenvalue weighted by Gasteiger charge is -2.09. The Hall–Kier alpha value is -2.96. The molecule has 0 aliphatic heterocycles. The Morgan fingerprint density at radius 1 is 1.29 bits per heavy atom. The average molecular weight is 290 g/mol. The molecule has 0 spiro atoms. The number of hydrogen-bond acceptors (Lipinski definition) is 4. The van der Waals surface area contributed by atoms with E-state index in [0.29, 0.717) is 0 Å². The van der Waals surface area contributed by atoms with E-state index in [0.717, 1.165) is 17.7 Å². The summed E-state index contributed by atoms with van der Waals surface area (Å²) >= 11 is 0. The molecule has 0 aliphatic rings. The highest BCUT2D eigenvalue weighted by molar-refractivity contribution is 5.93. The Balaban J connectivity index is 2.41. The lowest BCUT2D eigenvalue weighted by atomic mass is 10.1. The molecule has 108 valence electrons. The van der Waals surface area contributed by atoms with Crippen molar-refractivity contribution in [1.29, 1.82) is 0 Å². The molecule has 0 heterocycles. The molecule has 7 heteroatoms. The number of nitro groups is 1. The number of benzene rings is 2. The van der Waals surface area contributed by atoms with Crippen LogP contribution in [0.25, 0.3) is 0 Å². The quantitative estimate of drug-likeness (QED) is 0.664. The number of carboxylic acid groups (broad SMARTS) is 1. The summed E-state index contributed by atoms with van der Waals surface area (Å²) in [4.78, 5) is 21.0. The van der Waals surface area contributed by atoms with E-state index >= 15 is 0 Å². The zero-order chi connectivity index (χ0) is 15.6. The first kappa shape index (κ1) is 14.4. The van der Waals surface area contributed by atoms with E-state index in [1.54, 1.807) is 19.1 Å². The minimum Gasteiger partial charge on any atom is -0.477 e. The predicted molar refractivity (Wildman–Crippen MR) is 74.5 cm³/mol. The Labute approximate surface area is 119 Å². The fourth-order valence-electron chi connectivity index (χ4n) is 1.83. The summed E-state index contributed by atoms with van der Waals surface area (Å²) in [5.74, 6) is -1.90. The van der Waals surface area contributed by atoms with Crippen molar-refractivity contribution in [3.8, 4) is 0 Å². The predicted octanol–water partition coefficient (Wildman–Crippen LogP) is 3.48. The maximum absolute atomic E-state index is 13.6. The molecule has 0 aromatic heterocycles. The third-order valence-electron chi connectivity index (χ3n) is 2.83. The second-order valence-electron chi connectivity index (χ2n) is 4.40. The van der Waals surface area contributed by atoms with Gasteiger partial charge in [-0.15, -0.1) is 0 Å². The largest absolute Gasteiger partial charge is 0.477 e. The Morgan fingerprint density at radius 3 is 2.62 bits per heavy atom. The molecule has 0 bridgehead atoms. The molecular weight excluding hydrogens is 279 g/mol. The standard InChI is InChI=1S/C14H11FN2O4/c1-8-2-5-11(15)12(6-8)16-9-3-4-10(14(18)19)13(7-9)17(20)21/h2-7,16H,1H3,(H,18,19). The summed E-state index contributed by atoms with van der Waals surface area (Å²) in [5.41, 5.74) is 0.231. The first-order valence-electron chi connectivity index (χ1n) is 5.93. The summed E-state index contributed by atoms with van der Waals surface area (Å²) in [7, 11) is 0. The van der Waals surface area contributed by atoms with E-state index in [1.165, 1.54) is 12.1 Å². The number of carboxylic acids is 1. The number of aryl methyl sites for hydroxylation is 1. The minimum absolute atomic E-state index is 0.160.